The molecule has 1 aliphatic heterocycles. The standard InChI is InChI=1S/C28H29FN6O/c29-24-14-8-7-13-22(24)28(36)34-17-15-33(16-18-34)26-23-19-30-35(21-11-5-2-6-12-21)27(23)32-25(31-26)20-9-3-1-4-10-20/h2,5-8,11-14,19-20H,1,3-4,9-10,15-18H2. The summed E-state index contributed by atoms with van der Waals surface area (Å²) in [5.74, 6) is 1.37. The van der Waals surface area contributed by atoms with Crippen LogP contribution in [0.15, 0.2) is 60.8 Å². The number of carbonyl (C=O) groups excluding carboxylic acids is 1. The highest BCUT2D eigenvalue weighted by Crippen LogP contribution is 2.34. The smallest absolute Gasteiger partial charge is 0.256 e. The van der Waals surface area contributed by atoms with Gasteiger partial charge >= 0.3 is 0 Å². The molecule has 3 heterocycles. The van der Waals surface area contributed by atoms with E-state index in [1.54, 1.807) is 23.1 Å². The third-order valence-corrected chi connectivity index (χ3v) is 7.37. The number of piperazine rings is 1. The number of benzene rings is 2. The largest absolute Gasteiger partial charge is 0.352 e. The minimum absolute atomic E-state index is 0.124. The van der Waals surface area contributed by atoms with Gasteiger partial charge in [0.2, 0.25) is 0 Å². The van der Waals surface area contributed by atoms with Crippen molar-refractivity contribution in [1.82, 2.24) is 24.6 Å². The SMILES string of the molecule is O=C(c1ccccc1F)N1CCN(c2nc(C3CCCCC3)nc3c2cnn3-c2ccccc2)CC1. The molecule has 2 aromatic heterocycles. The van der Waals surface area contributed by atoms with Crippen LogP contribution in [0.3, 0.4) is 0 Å². The molecule has 0 bridgehead atoms. The van der Waals surface area contributed by atoms with Crippen LogP contribution in [0.5, 0.6) is 0 Å². The molecule has 2 aromatic carbocycles. The lowest BCUT2D eigenvalue weighted by atomic mass is 9.88. The van der Waals surface area contributed by atoms with Crippen molar-refractivity contribution in [2.75, 3.05) is 31.1 Å². The van der Waals surface area contributed by atoms with Crippen LogP contribution in [0.1, 0.15) is 54.2 Å². The Morgan fingerprint density at radius 2 is 1.58 bits per heavy atom. The molecule has 0 spiro atoms. The summed E-state index contributed by atoms with van der Waals surface area (Å²) in [5.41, 5.74) is 1.91. The Morgan fingerprint density at radius 3 is 2.33 bits per heavy atom. The predicted octanol–water partition coefficient (Wildman–Crippen LogP) is 4.96. The van der Waals surface area contributed by atoms with Crippen molar-refractivity contribution in [1.29, 1.82) is 0 Å². The number of para-hydroxylation sites is 1. The van der Waals surface area contributed by atoms with Crippen LogP contribution < -0.4 is 4.90 Å². The first-order chi connectivity index (χ1) is 17.7. The summed E-state index contributed by atoms with van der Waals surface area (Å²) in [6, 6.07) is 16.2. The lowest BCUT2D eigenvalue weighted by Gasteiger charge is -2.36. The Morgan fingerprint density at radius 1 is 0.861 bits per heavy atom. The average Bonchev–Trinajstić information content (AvgIpc) is 3.38. The first kappa shape index (κ1) is 22.6. The molecule has 0 unspecified atom stereocenters. The highest BCUT2D eigenvalue weighted by molar-refractivity contribution is 5.95. The van der Waals surface area contributed by atoms with Gasteiger partial charge in [-0.3, -0.25) is 4.79 Å². The molecule has 7 nitrogen and oxygen atoms in total. The number of amides is 1. The number of halogens is 1. The Bertz CT molecular complexity index is 1370. The zero-order valence-electron chi connectivity index (χ0n) is 20.2. The van der Waals surface area contributed by atoms with Gasteiger partial charge in [0.05, 0.1) is 22.8 Å². The van der Waals surface area contributed by atoms with E-state index in [4.69, 9.17) is 9.97 Å². The first-order valence-corrected chi connectivity index (χ1v) is 12.8. The molecule has 1 saturated heterocycles. The fourth-order valence-electron chi connectivity index (χ4n) is 5.38. The fourth-order valence-corrected chi connectivity index (χ4v) is 5.38. The number of rotatable bonds is 4. The molecule has 2 fully saturated rings. The summed E-state index contributed by atoms with van der Waals surface area (Å²) in [7, 11) is 0. The van der Waals surface area contributed by atoms with Crippen molar-refractivity contribution in [3.8, 4) is 5.69 Å². The molecule has 4 aromatic rings. The van der Waals surface area contributed by atoms with Crippen LogP contribution in [-0.4, -0.2) is 56.7 Å². The number of nitrogens with zero attached hydrogens (tertiary/aromatic N) is 6. The lowest BCUT2D eigenvalue weighted by Crippen LogP contribution is -2.49. The van der Waals surface area contributed by atoms with Gasteiger partial charge in [0.1, 0.15) is 17.5 Å². The van der Waals surface area contributed by atoms with E-state index < -0.39 is 5.82 Å². The molecule has 2 aliphatic rings. The molecule has 0 N–H and O–H groups in total. The van der Waals surface area contributed by atoms with Gasteiger partial charge in [-0.15, -0.1) is 0 Å². The van der Waals surface area contributed by atoms with Gasteiger partial charge in [0, 0.05) is 32.1 Å². The van der Waals surface area contributed by atoms with E-state index in [9.17, 15) is 9.18 Å². The zero-order chi connectivity index (χ0) is 24.5. The van der Waals surface area contributed by atoms with Gasteiger partial charge < -0.3 is 9.80 Å². The molecule has 1 aliphatic carbocycles. The Hall–Kier alpha value is -3.81. The van der Waals surface area contributed by atoms with Crippen LogP contribution in [0.2, 0.25) is 0 Å². The lowest BCUT2D eigenvalue weighted by molar-refractivity contribution is 0.0742. The third-order valence-electron chi connectivity index (χ3n) is 7.37. The number of anilines is 1. The Balaban J connectivity index is 1.32. The fraction of sp³-hybridized carbons (Fsp3) is 0.357. The third kappa shape index (κ3) is 4.21. The minimum Gasteiger partial charge on any atom is -0.352 e. The molecule has 0 radical (unpaired) electrons. The molecule has 36 heavy (non-hydrogen) atoms. The van der Waals surface area contributed by atoms with Gasteiger partial charge in [0.15, 0.2) is 5.65 Å². The maximum Gasteiger partial charge on any atom is 0.256 e. The second-order valence-corrected chi connectivity index (χ2v) is 9.63. The highest BCUT2D eigenvalue weighted by atomic mass is 19.1. The molecule has 1 saturated carbocycles. The van der Waals surface area contributed by atoms with E-state index in [1.807, 2.05) is 41.2 Å². The summed E-state index contributed by atoms with van der Waals surface area (Å²) in [5, 5.41) is 5.59. The average molecular weight is 485 g/mol. The minimum atomic E-state index is -0.479. The number of hydrogen-bond donors (Lipinski definition) is 0. The van der Waals surface area contributed by atoms with Crippen LogP contribution in [0.4, 0.5) is 10.2 Å². The maximum absolute atomic E-state index is 14.2. The monoisotopic (exact) mass is 484 g/mol. The Kier molecular flexibility index (Phi) is 6.09. The summed E-state index contributed by atoms with van der Waals surface area (Å²) in [6.07, 6.45) is 7.74. The van der Waals surface area contributed by atoms with Crippen molar-refractivity contribution in [3.63, 3.8) is 0 Å². The molecule has 0 atom stereocenters. The first-order valence-electron chi connectivity index (χ1n) is 12.8. The molecular weight excluding hydrogens is 455 g/mol. The summed E-state index contributed by atoms with van der Waals surface area (Å²) in [6.45, 7) is 2.24. The van der Waals surface area contributed by atoms with E-state index >= 15 is 0 Å². The number of fused-ring (bicyclic) bond motifs is 1. The van der Waals surface area contributed by atoms with E-state index in [1.165, 1.54) is 25.3 Å². The van der Waals surface area contributed by atoms with Crippen molar-refractivity contribution in [3.05, 3.63) is 78.0 Å². The van der Waals surface area contributed by atoms with Crippen LogP contribution in [0, 0.1) is 5.82 Å². The van der Waals surface area contributed by atoms with Gasteiger partial charge in [-0.2, -0.15) is 5.10 Å². The van der Waals surface area contributed by atoms with Crippen molar-refractivity contribution < 1.29 is 9.18 Å². The maximum atomic E-state index is 14.2. The molecule has 8 heteroatoms. The quantitative estimate of drug-likeness (QED) is 0.409. The number of aromatic nitrogens is 4. The van der Waals surface area contributed by atoms with E-state index in [0.29, 0.717) is 32.1 Å². The van der Waals surface area contributed by atoms with Crippen molar-refractivity contribution in [2.24, 2.45) is 0 Å². The predicted molar refractivity (Wildman–Crippen MR) is 137 cm³/mol. The molecule has 6 rings (SSSR count). The second kappa shape index (κ2) is 9.68. The van der Waals surface area contributed by atoms with Gasteiger partial charge in [-0.1, -0.05) is 49.6 Å². The van der Waals surface area contributed by atoms with Crippen LogP contribution >= 0.6 is 0 Å². The number of hydrogen-bond acceptors (Lipinski definition) is 5. The summed E-state index contributed by atoms with van der Waals surface area (Å²) < 4.78 is 16.1. The van der Waals surface area contributed by atoms with Crippen molar-refractivity contribution in [2.45, 2.75) is 38.0 Å². The van der Waals surface area contributed by atoms with Gasteiger partial charge in [-0.05, 0) is 37.1 Å². The van der Waals surface area contributed by atoms with Crippen LogP contribution in [-0.2, 0) is 0 Å². The normalized spacial score (nSPS) is 17.0. The number of carbonyl (C=O) groups is 1. The van der Waals surface area contributed by atoms with E-state index in [2.05, 4.69) is 10.00 Å². The topological polar surface area (TPSA) is 67.2 Å². The molecule has 184 valence electrons. The Labute approximate surface area is 209 Å². The van der Waals surface area contributed by atoms with Crippen LogP contribution in [0.25, 0.3) is 16.7 Å². The second-order valence-electron chi connectivity index (χ2n) is 9.63. The molecular formula is C28H29FN6O. The van der Waals surface area contributed by atoms with E-state index in [0.717, 1.165) is 41.2 Å². The molecule has 1 amide bonds. The van der Waals surface area contributed by atoms with Gasteiger partial charge in [0.25, 0.3) is 5.91 Å². The summed E-state index contributed by atoms with van der Waals surface area (Å²) in [4.78, 5) is 27.0. The van der Waals surface area contributed by atoms with Crippen molar-refractivity contribution >= 4 is 22.8 Å². The highest BCUT2D eigenvalue weighted by Gasteiger charge is 2.28. The summed E-state index contributed by atoms with van der Waals surface area (Å²) >= 11 is 0. The zero-order valence-corrected chi connectivity index (χ0v) is 20.2. The van der Waals surface area contributed by atoms with Gasteiger partial charge in [-0.25, -0.2) is 19.0 Å². The van der Waals surface area contributed by atoms with E-state index in [-0.39, 0.29) is 11.5 Å².